The fourth-order valence-corrected chi connectivity index (χ4v) is 4.34. The van der Waals surface area contributed by atoms with E-state index in [2.05, 4.69) is 4.98 Å². The molecule has 3 aromatic carbocycles. The molecule has 2 heterocycles. The van der Waals surface area contributed by atoms with Crippen molar-refractivity contribution in [2.75, 3.05) is 6.61 Å². The summed E-state index contributed by atoms with van der Waals surface area (Å²) >= 11 is 0. The van der Waals surface area contributed by atoms with Gasteiger partial charge in [0.2, 0.25) is 0 Å². The van der Waals surface area contributed by atoms with Crippen molar-refractivity contribution in [3.8, 4) is 22.6 Å². The van der Waals surface area contributed by atoms with E-state index in [0.29, 0.717) is 22.2 Å². The van der Waals surface area contributed by atoms with E-state index in [1.54, 1.807) is 25.4 Å². The summed E-state index contributed by atoms with van der Waals surface area (Å²) in [5.41, 5.74) is 3.28. The van der Waals surface area contributed by atoms with Crippen molar-refractivity contribution in [3.05, 3.63) is 90.4 Å². The maximum atomic E-state index is 13.0. The molecule has 5 aromatic rings. The summed E-state index contributed by atoms with van der Waals surface area (Å²) in [6.07, 6.45) is 3.38. The molecule has 5 rings (SSSR count). The summed E-state index contributed by atoms with van der Waals surface area (Å²) in [4.78, 5) is 17.2. The Morgan fingerprint density at radius 3 is 2.65 bits per heavy atom. The molecule has 170 valence electrons. The van der Waals surface area contributed by atoms with Crippen molar-refractivity contribution in [3.63, 3.8) is 0 Å². The number of hydrogen-bond acceptors (Lipinski definition) is 5. The second-order valence-corrected chi connectivity index (χ2v) is 8.00. The Labute approximate surface area is 197 Å². The lowest BCUT2D eigenvalue weighted by molar-refractivity contribution is 0.0525. The fraction of sp³-hybridized carbons (Fsp3) is 0.143. The third-order valence-electron chi connectivity index (χ3n) is 6.00. The number of aryl methyl sites for hydroxylation is 1. The van der Waals surface area contributed by atoms with Gasteiger partial charge in [0.15, 0.2) is 0 Å². The molecule has 0 radical (unpaired) electrons. The van der Waals surface area contributed by atoms with E-state index in [1.807, 2.05) is 72.3 Å². The van der Waals surface area contributed by atoms with Gasteiger partial charge in [-0.3, -0.25) is 4.98 Å². The van der Waals surface area contributed by atoms with Crippen molar-refractivity contribution >= 4 is 27.6 Å². The Hall–Kier alpha value is -4.32. The van der Waals surface area contributed by atoms with Gasteiger partial charge in [0.05, 0.1) is 17.9 Å². The number of phenols is 1. The van der Waals surface area contributed by atoms with Crippen LogP contribution in [0.1, 0.15) is 23.0 Å². The Morgan fingerprint density at radius 1 is 1.03 bits per heavy atom. The van der Waals surface area contributed by atoms with Crippen molar-refractivity contribution in [1.82, 2.24) is 9.55 Å². The molecule has 0 atom stereocenters. The first-order valence-corrected chi connectivity index (χ1v) is 11.1. The van der Waals surface area contributed by atoms with Crippen LogP contribution >= 0.6 is 0 Å². The highest BCUT2D eigenvalue weighted by Crippen LogP contribution is 2.37. The average molecular weight is 453 g/mol. The average Bonchev–Trinajstić information content (AvgIpc) is 3.13. The summed E-state index contributed by atoms with van der Waals surface area (Å²) < 4.78 is 13.5. The molecule has 0 aliphatic carbocycles. The quantitative estimate of drug-likeness (QED) is 0.327. The van der Waals surface area contributed by atoms with E-state index in [-0.39, 0.29) is 19.0 Å². The SMILES string of the molecule is CCOC(=O)c1c(COc2cccc3ccccc23)n(C)c2cc(-c3cccnc3)c(O)cc12. The minimum atomic E-state index is -0.446. The first-order valence-electron chi connectivity index (χ1n) is 11.1. The maximum absolute atomic E-state index is 13.0. The van der Waals surface area contributed by atoms with Crippen LogP contribution in [0.2, 0.25) is 0 Å². The van der Waals surface area contributed by atoms with Gasteiger partial charge in [-0.25, -0.2) is 4.79 Å². The molecule has 0 amide bonds. The summed E-state index contributed by atoms with van der Waals surface area (Å²) in [6, 6.07) is 21.1. The van der Waals surface area contributed by atoms with Gasteiger partial charge in [0.25, 0.3) is 0 Å². The van der Waals surface area contributed by atoms with Crippen LogP contribution in [0.4, 0.5) is 0 Å². The van der Waals surface area contributed by atoms with Crippen LogP contribution in [-0.2, 0) is 18.4 Å². The van der Waals surface area contributed by atoms with Gasteiger partial charge in [-0.15, -0.1) is 0 Å². The molecule has 0 saturated heterocycles. The predicted molar refractivity (Wildman–Crippen MR) is 132 cm³/mol. The Morgan fingerprint density at radius 2 is 1.85 bits per heavy atom. The van der Waals surface area contributed by atoms with E-state index in [0.717, 1.165) is 27.6 Å². The van der Waals surface area contributed by atoms with Gasteiger partial charge in [-0.1, -0.05) is 42.5 Å². The van der Waals surface area contributed by atoms with Gasteiger partial charge >= 0.3 is 5.97 Å². The number of carbonyl (C=O) groups is 1. The van der Waals surface area contributed by atoms with Crippen molar-refractivity contribution < 1.29 is 19.4 Å². The molecule has 6 heteroatoms. The second-order valence-electron chi connectivity index (χ2n) is 8.00. The van der Waals surface area contributed by atoms with Gasteiger partial charge < -0.3 is 19.1 Å². The van der Waals surface area contributed by atoms with Crippen LogP contribution < -0.4 is 4.74 Å². The number of rotatable bonds is 6. The first kappa shape index (κ1) is 21.5. The number of benzene rings is 3. The number of fused-ring (bicyclic) bond motifs is 2. The lowest BCUT2D eigenvalue weighted by Crippen LogP contribution is -2.11. The Kier molecular flexibility index (Phi) is 5.64. The zero-order chi connectivity index (χ0) is 23.7. The monoisotopic (exact) mass is 452 g/mol. The highest BCUT2D eigenvalue weighted by Gasteiger charge is 2.24. The highest BCUT2D eigenvalue weighted by molar-refractivity contribution is 6.07. The van der Waals surface area contributed by atoms with E-state index in [1.165, 1.54) is 0 Å². The molecule has 1 N–H and O–H groups in total. The number of ether oxygens (including phenoxy) is 2. The molecule has 0 spiro atoms. The number of hydrogen-bond donors (Lipinski definition) is 1. The molecule has 0 saturated carbocycles. The van der Waals surface area contributed by atoms with Crippen LogP contribution in [0.5, 0.6) is 11.5 Å². The number of aromatic nitrogens is 2. The lowest BCUT2D eigenvalue weighted by Gasteiger charge is -2.12. The molecular formula is C28H24N2O4. The normalized spacial score (nSPS) is 11.1. The molecule has 2 aromatic heterocycles. The summed E-state index contributed by atoms with van der Waals surface area (Å²) in [5, 5.41) is 13.5. The zero-order valence-corrected chi connectivity index (χ0v) is 19.0. The van der Waals surface area contributed by atoms with Gasteiger partial charge in [-0.05, 0) is 36.6 Å². The lowest BCUT2D eigenvalue weighted by atomic mass is 10.0. The number of pyridine rings is 1. The van der Waals surface area contributed by atoms with E-state index in [4.69, 9.17) is 9.47 Å². The molecule has 0 unspecified atom stereocenters. The Bertz CT molecular complexity index is 1500. The molecule has 0 aliphatic heterocycles. The number of esters is 1. The third-order valence-corrected chi connectivity index (χ3v) is 6.00. The van der Waals surface area contributed by atoms with Gasteiger partial charge in [0.1, 0.15) is 18.1 Å². The third kappa shape index (κ3) is 3.73. The summed E-state index contributed by atoms with van der Waals surface area (Å²) in [7, 11) is 1.89. The second kappa shape index (κ2) is 8.90. The molecular weight excluding hydrogens is 428 g/mol. The van der Waals surface area contributed by atoms with E-state index >= 15 is 0 Å². The Balaban J connectivity index is 1.63. The standard InChI is InChI=1S/C28H24N2O4/c1-3-33-28(32)27-22-15-25(31)21(19-10-7-13-29-16-19)14-23(22)30(2)24(27)17-34-26-12-6-9-18-8-4-5-11-20(18)26/h4-16,31H,3,17H2,1-2H3. The molecule has 0 fully saturated rings. The highest BCUT2D eigenvalue weighted by atomic mass is 16.5. The largest absolute Gasteiger partial charge is 0.507 e. The smallest absolute Gasteiger partial charge is 0.340 e. The minimum absolute atomic E-state index is 0.0678. The van der Waals surface area contributed by atoms with Crippen molar-refractivity contribution in [1.29, 1.82) is 0 Å². The maximum Gasteiger partial charge on any atom is 0.340 e. The minimum Gasteiger partial charge on any atom is -0.507 e. The zero-order valence-electron chi connectivity index (χ0n) is 19.0. The molecule has 34 heavy (non-hydrogen) atoms. The topological polar surface area (TPSA) is 73.6 Å². The summed E-state index contributed by atoms with van der Waals surface area (Å²) in [6.45, 7) is 2.18. The molecule has 0 bridgehead atoms. The first-order chi connectivity index (χ1) is 16.6. The number of phenolic OH excluding ortho intramolecular Hbond substituents is 1. The predicted octanol–water partition coefficient (Wildman–Crippen LogP) is 5.85. The van der Waals surface area contributed by atoms with Crippen LogP contribution in [0, 0.1) is 0 Å². The molecule has 6 nitrogen and oxygen atoms in total. The number of nitrogens with zero attached hydrogens (tertiary/aromatic N) is 2. The van der Waals surface area contributed by atoms with E-state index < -0.39 is 5.97 Å². The number of carbonyl (C=O) groups excluding carboxylic acids is 1. The van der Waals surface area contributed by atoms with Crippen LogP contribution in [0.3, 0.4) is 0 Å². The molecule has 0 aliphatic rings. The van der Waals surface area contributed by atoms with Gasteiger partial charge in [-0.2, -0.15) is 0 Å². The van der Waals surface area contributed by atoms with E-state index in [9.17, 15) is 9.90 Å². The van der Waals surface area contributed by atoms with Crippen LogP contribution in [0.15, 0.2) is 79.1 Å². The number of aromatic hydroxyl groups is 1. The van der Waals surface area contributed by atoms with Crippen molar-refractivity contribution in [2.45, 2.75) is 13.5 Å². The van der Waals surface area contributed by atoms with Crippen molar-refractivity contribution in [2.24, 2.45) is 7.05 Å². The summed E-state index contributed by atoms with van der Waals surface area (Å²) in [5.74, 6) is 0.355. The fourth-order valence-electron chi connectivity index (χ4n) is 4.34. The van der Waals surface area contributed by atoms with Gasteiger partial charge in [0, 0.05) is 46.9 Å². The van der Waals surface area contributed by atoms with Crippen LogP contribution in [0.25, 0.3) is 32.8 Å². The van der Waals surface area contributed by atoms with Crippen LogP contribution in [-0.4, -0.2) is 27.2 Å².